The number of anilines is 1. The maximum absolute atomic E-state index is 13.9. The van der Waals surface area contributed by atoms with Crippen molar-refractivity contribution in [3.05, 3.63) is 106 Å². The number of thioether (sulfide) groups is 1. The first-order valence-corrected chi connectivity index (χ1v) is 14.5. The number of hydrogen-bond acceptors (Lipinski definition) is 11. The highest BCUT2D eigenvalue weighted by molar-refractivity contribution is 8.00. The molecule has 0 aliphatic carbocycles. The number of thiazole rings is 1. The molecule has 0 radical (unpaired) electrons. The van der Waals surface area contributed by atoms with Gasteiger partial charge in [-0.15, -0.1) is 23.1 Å². The summed E-state index contributed by atoms with van der Waals surface area (Å²) in [6.45, 7) is 3.79. The Morgan fingerprint density at radius 3 is 2.38 bits per heavy atom. The van der Waals surface area contributed by atoms with Crippen molar-refractivity contribution in [1.82, 2.24) is 15.2 Å². The SMILES string of the molecule is C=C(C#N)C1=C(C(=O)OC(c2ccccc2)c2ccccc2)N2C(=O)[C@@H](NC(=O)/C(=N\OC)c3csc(N)n3)[C@H]2SC1. The lowest BCUT2D eigenvalue weighted by atomic mass is 9.99. The first kappa shape index (κ1) is 28.6. The number of nitrogens with one attached hydrogen (secondary N) is 1. The van der Waals surface area contributed by atoms with Crippen LogP contribution in [0.4, 0.5) is 5.13 Å². The summed E-state index contributed by atoms with van der Waals surface area (Å²) in [7, 11) is 1.28. The van der Waals surface area contributed by atoms with Crippen LogP contribution in [0.2, 0.25) is 0 Å². The Morgan fingerprint density at radius 1 is 1.19 bits per heavy atom. The lowest BCUT2D eigenvalue weighted by Crippen LogP contribution is -2.71. The van der Waals surface area contributed by atoms with Crippen LogP contribution in [0, 0.1) is 11.3 Å². The van der Waals surface area contributed by atoms with Crippen molar-refractivity contribution < 1.29 is 24.0 Å². The number of amides is 2. The summed E-state index contributed by atoms with van der Waals surface area (Å²) in [5.41, 5.74) is 7.46. The maximum atomic E-state index is 13.9. The van der Waals surface area contributed by atoms with Crippen molar-refractivity contribution in [2.45, 2.75) is 17.5 Å². The number of nitriles is 1. The van der Waals surface area contributed by atoms with E-state index in [-0.39, 0.29) is 33.6 Å². The molecule has 13 heteroatoms. The molecule has 3 heterocycles. The number of ether oxygens (including phenoxy) is 1. The second-order valence-corrected chi connectivity index (χ2v) is 11.1. The van der Waals surface area contributed by atoms with Gasteiger partial charge in [-0.05, 0) is 11.1 Å². The van der Waals surface area contributed by atoms with Gasteiger partial charge in [0.1, 0.15) is 29.9 Å². The van der Waals surface area contributed by atoms with E-state index in [1.807, 2.05) is 66.7 Å². The summed E-state index contributed by atoms with van der Waals surface area (Å²) >= 11 is 2.41. The predicted molar refractivity (Wildman–Crippen MR) is 158 cm³/mol. The van der Waals surface area contributed by atoms with E-state index in [9.17, 15) is 19.6 Å². The molecular weight excluding hydrogens is 576 g/mol. The largest absolute Gasteiger partial charge is 0.448 e. The van der Waals surface area contributed by atoms with Gasteiger partial charge in [0, 0.05) is 16.7 Å². The third kappa shape index (κ3) is 5.50. The van der Waals surface area contributed by atoms with Gasteiger partial charge in [-0.3, -0.25) is 14.5 Å². The van der Waals surface area contributed by atoms with Crippen LogP contribution in [-0.4, -0.2) is 57.7 Å². The highest BCUT2D eigenvalue weighted by atomic mass is 32.2. The molecule has 2 atom stereocenters. The molecule has 1 aromatic heterocycles. The fraction of sp³-hybridized carbons (Fsp3) is 0.172. The molecule has 11 nitrogen and oxygen atoms in total. The lowest BCUT2D eigenvalue weighted by molar-refractivity contribution is -0.154. The van der Waals surface area contributed by atoms with E-state index in [4.69, 9.17) is 15.3 Å². The molecule has 212 valence electrons. The molecule has 0 spiro atoms. The lowest BCUT2D eigenvalue weighted by Gasteiger charge is -2.49. The van der Waals surface area contributed by atoms with Crippen LogP contribution >= 0.6 is 23.1 Å². The Labute approximate surface area is 249 Å². The molecule has 2 aromatic carbocycles. The highest BCUT2D eigenvalue weighted by Gasteiger charge is 2.55. The molecule has 0 bridgehead atoms. The van der Waals surface area contributed by atoms with Crippen molar-refractivity contribution in [2.24, 2.45) is 5.16 Å². The summed E-state index contributed by atoms with van der Waals surface area (Å²) in [6, 6.07) is 19.4. The van der Waals surface area contributed by atoms with Crippen LogP contribution in [-0.2, 0) is 24.0 Å². The number of esters is 1. The minimum atomic E-state index is -0.987. The summed E-state index contributed by atoms with van der Waals surface area (Å²) in [5.74, 6) is -1.85. The number of nitrogens with zero attached hydrogens (tertiary/aromatic N) is 4. The maximum Gasteiger partial charge on any atom is 0.356 e. The smallest absolute Gasteiger partial charge is 0.356 e. The number of β-lactam (4-membered cyclic amide) rings is 1. The molecule has 2 aliphatic rings. The van der Waals surface area contributed by atoms with Gasteiger partial charge < -0.3 is 20.6 Å². The van der Waals surface area contributed by atoms with Gasteiger partial charge >= 0.3 is 5.97 Å². The van der Waals surface area contributed by atoms with Gasteiger partial charge in [-0.25, -0.2) is 9.78 Å². The number of hydrogen-bond donors (Lipinski definition) is 2. The normalized spacial score (nSPS) is 18.1. The first-order valence-electron chi connectivity index (χ1n) is 12.6. The minimum absolute atomic E-state index is 0.0415. The summed E-state index contributed by atoms with van der Waals surface area (Å²) in [6.07, 6.45) is -0.776. The molecule has 2 amide bonds. The van der Waals surface area contributed by atoms with Gasteiger partial charge in [-0.1, -0.05) is 72.4 Å². The topological polar surface area (TPSA) is 160 Å². The second kappa shape index (κ2) is 12.3. The van der Waals surface area contributed by atoms with Crippen molar-refractivity contribution >= 4 is 51.7 Å². The van der Waals surface area contributed by atoms with E-state index in [1.165, 1.54) is 23.8 Å². The van der Waals surface area contributed by atoms with Crippen molar-refractivity contribution in [1.29, 1.82) is 5.26 Å². The Morgan fingerprint density at radius 2 is 1.83 bits per heavy atom. The zero-order chi connectivity index (χ0) is 29.8. The predicted octanol–water partition coefficient (Wildman–Crippen LogP) is 3.14. The fourth-order valence-corrected chi connectivity index (χ4v) is 6.49. The fourth-order valence-electron chi connectivity index (χ4n) is 4.56. The summed E-state index contributed by atoms with van der Waals surface area (Å²) in [5, 5.41) is 17.2. The van der Waals surface area contributed by atoms with Crippen molar-refractivity contribution in [2.75, 3.05) is 18.6 Å². The van der Waals surface area contributed by atoms with Crippen LogP contribution < -0.4 is 11.1 Å². The van der Waals surface area contributed by atoms with E-state index < -0.39 is 35.3 Å². The molecule has 3 N–H and O–H groups in total. The number of aromatic nitrogens is 1. The zero-order valence-electron chi connectivity index (χ0n) is 22.2. The number of allylic oxidation sites excluding steroid dienone is 1. The van der Waals surface area contributed by atoms with Gasteiger partial charge in [0.25, 0.3) is 11.8 Å². The number of carbonyl (C=O) groups excluding carboxylic acids is 3. The molecule has 3 aromatic rings. The van der Waals surface area contributed by atoms with Gasteiger partial charge in [0.05, 0.1) is 11.6 Å². The molecular formula is C29H24N6O5S2. The highest BCUT2D eigenvalue weighted by Crippen LogP contribution is 2.43. The quantitative estimate of drug-likeness (QED) is 0.124. The van der Waals surface area contributed by atoms with Gasteiger partial charge in [-0.2, -0.15) is 5.26 Å². The van der Waals surface area contributed by atoms with E-state index >= 15 is 0 Å². The third-order valence-electron chi connectivity index (χ3n) is 6.54. The number of nitrogens with two attached hydrogens (primary N) is 1. The number of rotatable bonds is 9. The number of fused-ring (bicyclic) bond motifs is 1. The molecule has 5 rings (SSSR count). The second-order valence-electron chi connectivity index (χ2n) is 9.08. The number of carbonyl (C=O) groups is 3. The standard InChI is InChI=1S/C29H24N6O5S2/c1-16(13-30)19-14-41-27-22(33-25(36)21(34-39-2)20-15-42-29(31)32-20)26(37)35(27)23(19)28(38)40-24(17-9-5-3-6-10-17)18-11-7-4-8-12-18/h3-12,15,22,24,27H,1,14H2,2H3,(H2,31,32)(H,33,36)/b34-21-/t22-,27-/m1/s1. The van der Waals surface area contributed by atoms with Crippen molar-refractivity contribution in [3.8, 4) is 6.07 Å². The Hall–Kier alpha value is -4.93. The first-order chi connectivity index (χ1) is 20.3. The average molecular weight is 601 g/mol. The Kier molecular flexibility index (Phi) is 8.37. The van der Waals surface area contributed by atoms with Crippen LogP contribution in [0.5, 0.6) is 0 Å². The minimum Gasteiger partial charge on any atom is -0.448 e. The van der Waals surface area contributed by atoms with Crippen LogP contribution in [0.25, 0.3) is 0 Å². The number of oxime groups is 1. The average Bonchev–Trinajstić information content (AvgIpc) is 3.46. The van der Waals surface area contributed by atoms with Gasteiger partial charge in [0.2, 0.25) is 0 Å². The van der Waals surface area contributed by atoms with Gasteiger partial charge in [0.15, 0.2) is 16.9 Å². The van der Waals surface area contributed by atoms with Crippen LogP contribution in [0.15, 0.2) is 94.6 Å². The molecule has 1 saturated heterocycles. The molecule has 0 saturated carbocycles. The number of nitrogen functional groups attached to an aromatic ring is 1. The van der Waals surface area contributed by atoms with E-state index in [0.717, 1.165) is 22.5 Å². The molecule has 2 aliphatic heterocycles. The van der Waals surface area contributed by atoms with E-state index in [0.29, 0.717) is 5.57 Å². The summed E-state index contributed by atoms with van der Waals surface area (Å²) in [4.78, 5) is 50.6. The zero-order valence-corrected chi connectivity index (χ0v) is 23.9. The van der Waals surface area contributed by atoms with Crippen LogP contribution in [0.1, 0.15) is 22.9 Å². The monoisotopic (exact) mass is 600 g/mol. The third-order valence-corrected chi connectivity index (χ3v) is 8.49. The van der Waals surface area contributed by atoms with Crippen molar-refractivity contribution in [3.63, 3.8) is 0 Å². The Bertz CT molecular complexity index is 1610. The molecule has 42 heavy (non-hydrogen) atoms. The summed E-state index contributed by atoms with van der Waals surface area (Å²) < 4.78 is 6.04. The molecule has 0 unspecified atom stereocenters. The van der Waals surface area contributed by atoms with E-state index in [1.54, 1.807) is 5.38 Å². The molecule has 1 fully saturated rings. The van der Waals surface area contributed by atoms with E-state index in [2.05, 4.69) is 22.0 Å². The number of benzene rings is 2. The van der Waals surface area contributed by atoms with Crippen LogP contribution in [0.3, 0.4) is 0 Å². The Balaban J connectivity index is 1.43.